The summed E-state index contributed by atoms with van der Waals surface area (Å²) in [6.45, 7) is 1.97. The Kier molecular flexibility index (Phi) is 4.46. The Morgan fingerprint density at radius 2 is 1.64 bits per heavy atom. The molecule has 0 fully saturated rings. The van der Waals surface area contributed by atoms with Gasteiger partial charge in [0.25, 0.3) is 0 Å². The number of hydrogen-bond donors (Lipinski definition) is 0. The molecule has 0 amide bonds. The highest BCUT2D eigenvalue weighted by atomic mass is 35.5. The Labute approximate surface area is 139 Å². The van der Waals surface area contributed by atoms with Crippen molar-refractivity contribution in [3.8, 4) is 22.4 Å². The standard InChI is InChI=1S/C18H15ClN2S/c1-12-3-4-14(10-20-12)18-17(9-15(19)11-21-18)13-5-7-16(22-2)8-6-13/h3-11H,1-2H3. The van der Waals surface area contributed by atoms with Crippen LogP contribution in [-0.2, 0) is 0 Å². The minimum Gasteiger partial charge on any atom is -0.261 e. The number of rotatable bonds is 3. The van der Waals surface area contributed by atoms with Crippen LogP contribution in [0.5, 0.6) is 0 Å². The van der Waals surface area contributed by atoms with E-state index in [0.717, 1.165) is 28.1 Å². The van der Waals surface area contributed by atoms with Crippen LogP contribution in [0.2, 0.25) is 5.02 Å². The lowest BCUT2D eigenvalue weighted by molar-refractivity contribution is 1.19. The average Bonchev–Trinajstić information content (AvgIpc) is 2.56. The van der Waals surface area contributed by atoms with Crippen LogP contribution in [0.25, 0.3) is 22.4 Å². The van der Waals surface area contributed by atoms with Crippen molar-refractivity contribution in [1.82, 2.24) is 9.97 Å². The smallest absolute Gasteiger partial charge is 0.0796 e. The molecule has 110 valence electrons. The van der Waals surface area contributed by atoms with Crippen molar-refractivity contribution in [2.24, 2.45) is 0 Å². The molecule has 2 nitrogen and oxygen atoms in total. The molecule has 0 radical (unpaired) electrons. The van der Waals surface area contributed by atoms with Crippen molar-refractivity contribution in [2.75, 3.05) is 6.26 Å². The Bertz CT molecular complexity index is 783. The molecule has 4 heteroatoms. The van der Waals surface area contributed by atoms with Crippen molar-refractivity contribution in [3.63, 3.8) is 0 Å². The van der Waals surface area contributed by atoms with E-state index in [4.69, 9.17) is 11.6 Å². The van der Waals surface area contributed by atoms with E-state index in [1.54, 1.807) is 18.0 Å². The van der Waals surface area contributed by atoms with Crippen molar-refractivity contribution in [1.29, 1.82) is 0 Å². The summed E-state index contributed by atoms with van der Waals surface area (Å²) in [4.78, 5) is 10.1. The van der Waals surface area contributed by atoms with Crippen LogP contribution in [0.15, 0.2) is 59.8 Å². The van der Waals surface area contributed by atoms with Gasteiger partial charge in [-0.15, -0.1) is 11.8 Å². The average molecular weight is 327 g/mol. The Balaban J connectivity index is 2.13. The number of pyridine rings is 2. The van der Waals surface area contributed by atoms with Crippen molar-refractivity contribution in [2.45, 2.75) is 11.8 Å². The van der Waals surface area contributed by atoms with Gasteiger partial charge in [-0.3, -0.25) is 9.97 Å². The summed E-state index contributed by atoms with van der Waals surface area (Å²) in [6.07, 6.45) is 5.60. The third kappa shape index (κ3) is 3.16. The molecule has 0 aliphatic carbocycles. The molecule has 2 heterocycles. The Hall–Kier alpha value is -1.84. The first-order valence-electron chi connectivity index (χ1n) is 6.90. The minimum absolute atomic E-state index is 0.632. The summed E-state index contributed by atoms with van der Waals surface area (Å²) in [5.74, 6) is 0. The molecule has 0 saturated carbocycles. The molecule has 2 aromatic heterocycles. The number of thioether (sulfide) groups is 1. The van der Waals surface area contributed by atoms with E-state index in [0.29, 0.717) is 5.02 Å². The Morgan fingerprint density at radius 3 is 2.27 bits per heavy atom. The molecule has 0 saturated heterocycles. The molecule has 3 aromatic rings. The normalized spacial score (nSPS) is 10.7. The van der Waals surface area contributed by atoms with E-state index >= 15 is 0 Å². The highest BCUT2D eigenvalue weighted by Gasteiger charge is 2.10. The van der Waals surface area contributed by atoms with Gasteiger partial charge in [0.15, 0.2) is 0 Å². The zero-order chi connectivity index (χ0) is 15.5. The highest BCUT2D eigenvalue weighted by Crippen LogP contribution is 2.33. The molecule has 22 heavy (non-hydrogen) atoms. The molecule has 0 aliphatic heterocycles. The molecular weight excluding hydrogens is 312 g/mol. The summed E-state index contributed by atoms with van der Waals surface area (Å²) in [5.41, 5.74) is 5.00. The zero-order valence-electron chi connectivity index (χ0n) is 12.4. The van der Waals surface area contributed by atoms with Gasteiger partial charge in [-0.25, -0.2) is 0 Å². The molecule has 0 bridgehead atoms. The molecule has 3 rings (SSSR count). The highest BCUT2D eigenvalue weighted by molar-refractivity contribution is 7.98. The summed E-state index contributed by atoms with van der Waals surface area (Å²) >= 11 is 7.88. The quantitative estimate of drug-likeness (QED) is 0.595. The molecule has 0 spiro atoms. The van der Waals surface area contributed by atoms with E-state index in [1.165, 1.54) is 4.90 Å². The number of halogens is 1. The third-order valence-corrected chi connectivity index (χ3v) is 4.39. The van der Waals surface area contributed by atoms with Gasteiger partial charge in [0.05, 0.1) is 10.7 Å². The third-order valence-electron chi connectivity index (χ3n) is 3.44. The van der Waals surface area contributed by atoms with Crippen molar-refractivity contribution in [3.05, 3.63) is 65.6 Å². The fourth-order valence-corrected chi connectivity index (χ4v) is 2.83. The topological polar surface area (TPSA) is 25.8 Å². The zero-order valence-corrected chi connectivity index (χ0v) is 13.9. The van der Waals surface area contributed by atoms with Crippen LogP contribution >= 0.6 is 23.4 Å². The lowest BCUT2D eigenvalue weighted by Gasteiger charge is -2.10. The van der Waals surface area contributed by atoms with Gasteiger partial charge in [-0.1, -0.05) is 23.7 Å². The lowest BCUT2D eigenvalue weighted by atomic mass is 10.0. The SMILES string of the molecule is CSc1ccc(-c2cc(Cl)cnc2-c2ccc(C)nc2)cc1. The van der Waals surface area contributed by atoms with E-state index < -0.39 is 0 Å². The van der Waals surface area contributed by atoms with Gasteiger partial charge < -0.3 is 0 Å². The number of aromatic nitrogens is 2. The second kappa shape index (κ2) is 6.51. The van der Waals surface area contributed by atoms with Gasteiger partial charge in [0.2, 0.25) is 0 Å². The van der Waals surface area contributed by atoms with Crippen molar-refractivity contribution >= 4 is 23.4 Å². The van der Waals surface area contributed by atoms with Crippen LogP contribution < -0.4 is 0 Å². The molecule has 0 aliphatic rings. The Morgan fingerprint density at radius 1 is 0.909 bits per heavy atom. The van der Waals surface area contributed by atoms with Gasteiger partial charge in [0, 0.05) is 34.1 Å². The van der Waals surface area contributed by atoms with E-state index in [9.17, 15) is 0 Å². The molecular formula is C18H15ClN2S. The maximum absolute atomic E-state index is 6.16. The maximum atomic E-state index is 6.16. The summed E-state index contributed by atoms with van der Waals surface area (Å²) in [6, 6.07) is 14.4. The summed E-state index contributed by atoms with van der Waals surface area (Å²) in [7, 11) is 0. The molecule has 0 N–H and O–H groups in total. The van der Waals surface area contributed by atoms with Crippen LogP contribution in [0.3, 0.4) is 0 Å². The fraction of sp³-hybridized carbons (Fsp3) is 0.111. The molecule has 0 atom stereocenters. The van der Waals surface area contributed by atoms with Crippen LogP contribution in [0, 0.1) is 6.92 Å². The van der Waals surface area contributed by atoms with Crippen LogP contribution in [0.1, 0.15) is 5.69 Å². The van der Waals surface area contributed by atoms with Gasteiger partial charge in [0.1, 0.15) is 0 Å². The maximum Gasteiger partial charge on any atom is 0.0796 e. The number of hydrogen-bond acceptors (Lipinski definition) is 3. The molecule has 0 unspecified atom stereocenters. The number of benzene rings is 1. The minimum atomic E-state index is 0.632. The van der Waals surface area contributed by atoms with Gasteiger partial charge >= 0.3 is 0 Å². The number of nitrogens with zero attached hydrogens (tertiary/aromatic N) is 2. The monoisotopic (exact) mass is 326 g/mol. The predicted molar refractivity (Wildman–Crippen MR) is 94.4 cm³/mol. The molecule has 1 aromatic carbocycles. The fourth-order valence-electron chi connectivity index (χ4n) is 2.27. The second-order valence-corrected chi connectivity index (χ2v) is 6.28. The van der Waals surface area contributed by atoms with E-state index in [1.807, 2.05) is 31.3 Å². The van der Waals surface area contributed by atoms with E-state index in [-0.39, 0.29) is 0 Å². The second-order valence-electron chi connectivity index (χ2n) is 4.97. The van der Waals surface area contributed by atoms with Crippen LogP contribution in [0.4, 0.5) is 0 Å². The first-order chi connectivity index (χ1) is 10.7. The van der Waals surface area contributed by atoms with Gasteiger partial charge in [-0.2, -0.15) is 0 Å². The largest absolute Gasteiger partial charge is 0.261 e. The van der Waals surface area contributed by atoms with E-state index in [2.05, 4.69) is 40.5 Å². The van der Waals surface area contributed by atoms with Gasteiger partial charge in [-0.05, 0) is 49.1 Å². The summed E-state index contributed by atoms with van der Waals surface area (Å²) in [5, 5.41) is 0.632. The lowest BCUT2D eigenvalue weighted by Crippen LogP contribution is -1.91. The first-order valence-corrected chi connectivity index (χ1v) is 8.50. The number of aryl methyl sites for hydroxylation is 1. The summed E-state index contributed by atoms with van der Waals surface area (Å²) < 4.78 is 0. The first kappa shape index (κ1) is 15.1. The van der Waals surface area contributed by atoms with Crippen LogP contribution in [-0.4, -0.2) is 16.2 Å². The predicted octanol–water partition coefficient (Wildman–Crippen LogP) is 5.49. The van der Waals surface area contributed by atoms with Crippen molar-refractivity contribution < 1.29 is 0 Å².